The largest absolute Gasteiger partial charge is 0.398 e. The quantitative estimate of drug-likeness (QED) is 0.690. The molecule has 1 heterocycles. The maximum atomic E-state index is 12.6. The second-order valence-electron chi connectivity index (χ2n) is 4.70. The second kappa shape index (κ2) is 5.44. The Labute approximate surface area is 135 Å². The van der Waals surface area contributed by atoms with Crippen LogP contribution in [0.25, 0.3) is 10.1 Å². The van der Waals surface area contributed by atoms with E-state index in [0.29, 0.717) is 4.47 Å². The van der Waals surface area contributed by atoms with Crippen LogP contribution in [0.1, 0.15) is 5.56 Å². The normalized spacial score (nSPS) is 11.9. The molecular formula is C15H12BrNO2S2. The highest BCUT2D eigenvalue weighted by Gasteiger charge is 2.20. The van der Waals surface area contributed by atoms with Crippen molar-refractivity contribution in [2.24, 2.45) is 0 Å². The van der Waals surface area contributed by atoms with Crippen molar-refractivity contribution in [1.82, 2.24) is 0 Å². The van der Waals surface area contributed by atoms with Gasteiger partial charge in [-0.1, -0.05) is 34.1 Å². The Balaban J connectivity index is 2.05. The molecule has 108 valence electrons. The molecule has 0 spiro atoms. The number of halogens is 1. The average molecular weight is 382 g/mol. The SMILES string of the molecule is Nc1ccc(Br)cc1S(=O)(=O)Cc1csc2ccccc12. The molecule has 0 saturated heterocycles. The Hall–Kier alpha value is -1.37. The fourth-order valence-electron chi connectivity index (χ4n) is 2.20. The molecule has 3 nitrogen and oxygen atoms in total. The molecule has 0 aliphatic carbocycles. The third-order valence-corrected chi connectivity index (χ3v) is 6.44. The highest BCUT2D eigenvalue weighted by molar-refractivity contribution is 9.10. The number of nitrogens with two attached hydrogens (primary N) is 1. The van der Waals surface area contributed by atoms with Gasteiger partial charge in [-0.25, -0.2) is 8.42 Å². The van der Waals surface area contributed by atoms with Crippen LogP contribution in [0, 0.1) is 0 Å². The first-order valence-corrected chi connectivity index (χ1v) is 9.53. The van der Waals surface area contributed by atoms with Crippen LogP contribution in [-0.4, -0.2) is 8.42 Å². The Bertz CT molecular complexity index is 916. The minimum atomic E-state index is -3.48. The maximum Gasteiger partial charge on any atom is 0.184 e. The van der Waals surface area contributed by atoms with Crippen LogP contribution in [0.5, 0.6) is 0 Å². The Morgan fingerprint density at radius 2 is 1.90 bits per heavy atom. The number of sulfone groups is 1. The van der Waals surface area contributed by atoms with Gasteiger partial charge in [0.1, 0.15) is 0 Å². The molecule has 0 bridgehead atoms. The predicted molar refractivity (Wildman–Crippen MR) is 91.3 cm³/mol. The van der Waals surface area contributed by atoms with Gasteiger partial charge in [0.15, 0.2) is 9.84 Å². The zero-order chi connectivity index (χ0) is 15.0. The Kier molecular flexibility index (Phi) is 3.77. The van der Waals surface area contributed by atoms with E-state index in [9.17, 15) is 8.42 Å². The van der Waals surface area contributed by atoms with Gasteiger partial charge in [0.25, 0.3) is 0 Å². The van der Waals surface area contributed by atoms with Gasteiger partial charge in [-0.3, -0.25) is 0 Å². The van der Waals surface area contributed by atoms with E-state index in [4.69, 9.17) is 5.73 Å². The van der Waals surface area contributed by atoms with Crippen molar-refractivity contribution in [1.29, 1.82) is 0 Å². The van der Waals surface area contributed by atoms with Gasteiger partial charge >= 0.3 is 0 Å². The first-order chi connectivity index (χ1) is 9.97. The molecular weight excluding hydrogens is 370 g/mol. The minimum absolute atomic E-state index is 0.0440. The molecule has 0 fully saturated rings. The van der Waals surface area contributed by atoms with Crippen LogP contribution in [0.3, 0.4) is 0 Å². The predicted octanol–water partition coefficient (Wildman–Crippen LogP) is 4.22. The number of benzene rings is 2. The summed E-state index contributed by atoms with van der Waals surface area (Å²) in [6.45, 7) is 0. The zero-order valence-electron chi connectivity index (χ0n) is 10.9. The highest BCUT2D eigenvalue weighted by atomic mass is 79.9. The summed E-state index contributed by atoms with van der Waals surface area (Å²) in [6, 6.07) is 12.7. The molecule has 0 aliphatic rings. The third-order valence-electron chi connectivity index (χ3n) is 3.22. The molecule has 1 aromatic heterocycles. The van der Waals surface area contributed by atoms with Gasteiger partial charge in [-0.2, -0.15) is 0 Å². The molecule has 0 saturated carbocycles. The van der Waals surface area contributed by atoms with Crippen molar-refractivity contribution in [3.05, 3.63) is 57.9 Å². The fraction of sp³-hybridized carbons (Fsp3) is 0.0667. The molecule has 0 atom stereocenters. The Morgan fingerprint density at radius 3 is 2.71 bits per heavy atom. The standard InChI is InChI=1S/C15H12BrNO2S2/c16-11-5-6-13(17)15(7-11)21(18,19)9-10-8-20-14-4-2-1-3-12(10)14/h1-8H,9,17H2. The number of nitrogen functional groups attached to an aromatic ring is 1. The summed E-state index contributed by atoms with van der Waals surface area (Å²) in [5.74, 6) is -0.0440. The van der Waals surface area contributed by atoms with Gasteiger partial charge < -0.3 is 5.73 Å². The number of hydrogen-bond acceptors (Lipinski definition) is 4. The average Bonchev–Trinajstić information content (AvgIpc) is 2.84. The van der Waals surface area contributed by atoms with Crippen LogP contribution in [-0.2, 0) is 15.6 Å². The van der Waals surface area contributed by atoms with Crippen molar-refractivity contribution in [2.45, 2.75) is 10.6 Å². The van der Waals surface area contributed by atoms with Gasteiger partial charge in [0.05, 0.1) is 16.3 Å². The zero-order valence-corrected chi connectivity index (χ0v) is 14.1. The van der Waals surface area contributed by atoms with Crippen LogP contribution < -0.4 is 5.73 Å². The minimum Gasteiger partial charge on any atom is -0.398 e. The molecule has 2 N–H and O–H groups in total. The van der Waals surface area contributed by atoms with E-state index in [1.165, 1.54) is 0 Å². The van der Waals surface area contributed by atoms with E-state index in [1.807, 2.05) is 29.6 Å². The van der Waals surface area contributed by atoms with Gasteiger partial charge in [-0.05, 0) is 40.6 Å². The molecule has 0 radical (unpaired) electrons. The molecule has 0 amide bonds. The van der Waals surface area contributed by atoms with Crippen molar-refractivity contribution in [2.75, 3.05) is 5.73 Å². The smallest absolute Gasteiger partial charge is 0.184 e. The van der Waals surface area contributed by atoms with Crippen molar-refractivity contribution < 1.29 is 8.42 Å². The highest BCUT2D eigenvalue weighted by Crippen LogP contribution is 2.31. The van der Waals surface area contributed by atoms with E-state index < -0.39 is 9.84 Å². The molecule has 0 unspecified atom stereocenters. The number of hydrogen-bond donors (Lipinski definition) is 1. The number of rotatable bonds is 3. The fourth-order valence-corrected chi connectivity index (χ4v) is 5.32. The Morgan fingerprint density at radius 1 is 1.14 bits per heavy atom. The van der Waals surface area contributed by atoms with E-state index in [2.05, 4.69) is 15.9 Å². The summed E-state index contributed by atoms with van der Waals surface area (Å²) >= 11 is 4.84. The molecule has 6 heteroatoms. The summed E-state index contributed by atoms with van der Waals surface area (Å²) in [5, 5.41) is 2.88. The number of fused-ring (bicyclic) bond motifs is 1. The second-order valence-corrected chi connectivity index (χ2v) is 8.48. The molecule has 0 aliphatic heterocycles. The summed E-state index contributed by atoms with van der Waals surface area (Å²) in [4.78, 5) is 0.173. The third kappa shape index (κ3) is 2.84. The van der Waals surface area contributed by atoms with Crippen LogP contribution in [0.4, 0.5) is 5.69 Å². The number of anilines is 1. The van der Waals surface area contributed by atoms with Crippen LogP contribution in [0.15, 0.2) is 57.2 Å². The van der Waals surface area contributed by atoms with E-state index >= 15 is 0 Å². The van der Waals surface area contributed by atoms with Gasteiger partial charge in [-0.15, -0.1) is 11.3 Å². The van der Waals surface area contributed by atoms with E-state index in [0.717, 1.165) is 15.6 Å². The summed E-state index contributed by atoms with van der Waals surface area (Å²) in [5.41, 5.74) is 6.91. The van der Waals surface area contributed by atoms with Crippen molar-refractivity contribution in [3.8, 4) is 0 Å². The van der Waals surface area contributed by atoms with Crippen molar-refractivity contribution >= 4 is 52.9 Å². The van der Waals surface area contributed by atoms with Gasteiger partial charge in [0.2, 0.25) is 0 Å². The lowest BCUT2D eigenvalue weighted by Gasteiger charge is -2.08. The maximum absolute atomic E-state index is 12.6. The number of thiophene rings is 1. The molecule has 3 aromatic rings. The van der Waals surface area contributed by atoms with Crippen LogP contribution >= 0.6 is 27.3 Å². The van der Waals surface area contributed by atoms with Crippen LogP contribution in [0.2, 0.25) is 0 Å². The summed E-state index contributed by atoms with van der Waals surface area (Å²) in [7, 11) is -3.48. The molecule has 2 aromatic carbocycles. The summed E-state index contributed by atoms with van der Waals surface area (Å²) < 4.78 is 27.0. The topological polar surface area (TPSA) is 60.2 Å². The van der Waals surface area contributed by atoms with Gasteiger partial charge in [0, 0.05) is 9.17 Å². The van der Waals surface area contributed by atoms with E-state index in [1.54, 1.807) is 29.5 Å². The first-order valence-electron chi connectivity index (χ1n) is 6.20. The molecule has 3 rings (SSSR count). The summed E-state index contributed by atoms with van der Waals surface area (Å²) in [6.07, 6.45) is 0. The van der Waals surface area contributed by atoms with E-state index in [-0.39, 0.29) is 16.3 Å². The first kappa shape index (κ1) is 14.6. The lowest BCUT2D eigenvalue weighted by molar-refractivity contribution is 0.596. The molecule has 21 heavy (non-hydrogen) atoms. The lowest BCUT2D eigenvalue weighted by atomic mass is 10.2. The monoisotopic (exact) mass is 381 g/mol. The van der Waals surface area contributed by atoms with Crippen molar-refractivity contribution in [3.63, 3.8) is 0 Å². The lowest BCUT2D eigenvalue weighted by Crippen LogP contribution is -2.07.